The summed E-state index contributed by atoms with van der Waals surface area (Å²) in [4.78, 5) is 25.4. The molecule has 2 amide bonds. The first-order valence-corrected chi connectivity index (χ1v) is 7.30. The molecule has 0 spiro atoms. The van der Waals surface area contributed by atoms with Crippen LogP contribution in [0.2, 0.25) is 0 Å². The summed E-state index contributed by atoms with van der Waals surface area (Å²) in [6, 6.07) is 7.18. The van der Waals surface area contributed by atoms with Crippen molar-refractivity contribution in [3.05, 3.63) is 29.8 Å². The van der Waals surface area contributed by atoms with Gasteiger partial charge in [0, 0.05) is 12.7 Å². The number of hydrogen-bond donors (Lipinski definition) is 2. The molecule has 5 nitrogen and oxygen atoms in total. The van der Waals surface area contributed by atoms with Crippen molar-refractivity contribution in [2.75, 3.05) is 11.9 Å². The van der Waals surface area contributed by atoms with Gasteiger partial charge in [-0.2, -0.15) is 0 Å². The number of amides is 2. The van der Waals surface area contributed by atoms with E-state index in [1.807, 2.05) is 31.2 Å². The molecule has 1 fully saturated rings. The molecule has 5 heteroatoms. The molecule has 0 bridgehead atoms. The third-order valence-electron chi connectivity index (χ3n) is 4.19. The van der Waals surface area contributed by atoms with Gasteiger partial charge in [0.1, 0.15) is 5.54 Å². The Hall–Kier alpha value is -2.04. The van der Waals surface area contributed by atoms with E-state index >= 15 is 0 Å². The minimum atomic E-state index is -1.12. The standard InChI is InChI=1S/C16H22N2O3/c1-12-6-8-13(9-7-12)18(2)15(21)17-16(14(19)20)10-4-3-5-11-16/h6-9H,3-5,10-11H2,1-2H3,(H,17,21)(H,19,20). The highest BCUT2D eigenvalue weighted by molar-refractivity contribution is 5.95. The number of benzene rings is 1. The van der Waals surface area contributed by atoms with Crippen molar-refractivity contribution in [3.63, 3.8) is 0 Å². The average molecular weight is 290 g/mol. The van der Waals surface area contributed by atoms with Gasteiger partial charge < -0.3 is 10.4 Å². The molecule has 0 heterocycles. The van der Waals surface area contributed by atoms with Gasteiger partial charge in [-0.1, -0.05) is 37.0 Å². The molecule has 0 atom stereocenters. The predicted molar refractivity (Wildman–Crippen MR) is 81.6 cm³/mol. The van der Waals surface area contributed by atoms with E-state index in [9.17, 15) is 14.7 Å². The number of anilines is 1. The number of carbonyl (C=O) groups excluding carboxylic acids is 1. The number of aryl methyl sites for hydroxylation is 1. The lowest BCUT2D eigenvalue weighted by Crippen LogP contribution is -2.58. The van der Waals surface area contributed by atoms with Crippen molar-refractivity contribution in [1.29, 1.82) is 0 Å². The van der Waals surface area contributed by atoms with Crippen LogP contribution in [0.25, 0.3) is 0 Å². The molecule has 1 aliphatic rings. The van der Waals surface area contributed by atoms with Crippen LogP contribution in [0.1, 0.15) is 37.7 Å². The molecular formula is C16H22N2O3. The molecule has 114 valence electrons. The topological polar surface area (TPSA) is 69.6 Å². The van der Waals surface area contributed by atoms with Crippen LogP contribution in [0, 0.1) is 6.92 Å². The molecule has 0 aliphatic heterocycles. The number of carbonyl (C=O) groups is 2. The Bertz CT molecular complexity index is 519. The van der Waals surface area contributed by atoms with E-state index in [0.717, 1.165) is 30.5 Å². The van der Waals surface area contributed by atoms with Crippen LogP contribution < -0.4 is 10.2 Å². The number of hydrogen-bond acceptors (Lipinski definition) is 2. The fourth-order valence-corrected chi connectivity index (χ4v) is 2.72. The van der Waals surface area contributed by atoms with E-state index in [2.05, 4.69) is 5.32 Å². The summed E-state index contributed by atoms with van der Waals surface area (Å²) in [7, 11) is 1.65. The molecule has 1 aliphatic carbocycles. The fourth-order valence-electron chi connectivity index (χ4n) is 2.72. The van der Waals surface area contributed by atoms with Gasteiger partial charge in [0.05, 0.1) is 0 Å². The highest BCUT2D eigenvalue weighted by Crippen LogP contribution is 2.29. The molecule has 0 unspecified atom stereocenters. The summed E-state index contributed by atoms with van der Waals surface area (Å²) in [5, 5.41) is 12.2. The van der Waals surface area contributed by atoms with Crippen molar-refractivity contribution < 1.29 is 14.7 Å². The van der Waals surface area contributed by atoms with Gasteiger partial charge in [-0.05, 0) is 31.9 Å². The van der Waals surface area contributed by atoms with Gasteiger partial charge in [0.25, 0.3) is 0 Å². The third-order valence-corrected chi connectivity index (χ3v) is 4.19. The van der Waals surface area contributed by atoms with Gasteiger partial charge in [-0.3, -0.25) is 4.90 Å². The SMILES string of the molecule is Cc1ccc(N(C)C(=O)NC2(C(=O)O)CCCCC2)cc1. The minimum absolute atomic E-state index is 0.372. The lowest BCUT2D eigenvalue weighted by Gasteiger charge is -2.35. The maximum absolute atomic E-state index is 12.4. The van der Waals surface area contributed by atoms with Crippen LogP contribution in [0.15, 0.2) is 24.3 Å². The smallest absolute Gasteiger partial charge is 0.329 e. The molecule has 21 heavy (non-hydrogen) atoms. The van der Waals surface area contributed by atoms with Gasteiger partial charge in [0.2, 0.25) is 0 Å². The van der Waals surface area contributed by atoms with Crippen LogP contribution in [0.5, 0.6) is 0 Å². The van der Waals surface area contributed by atoms with Gasteiger partial charge in [0.15, 0.2) is 0 Å². The first-order chi connectivity index (χ1) is 9.94. The number of nitrogens with one attached hydrogen (secondary N) is 1. The lowest BCUT2D eigenvalue weighted by molar-refractivity contribution is -0.145. The first kappa shape index (κ1) is 15.4. The van der Waals surface area contributed by atoms with E-state index < -0.39 is 11.5 Å². The molecule has 0 radical (unpaired) electrons. The van der Waals surface area contributed by atoms with Crippen molar-refractivity contribution in [2.24, 2.45) is 0 Å². The Balaban J connectivity index is 2.11. The van der Waals surface area contributed by atoms with E-state index in [1.165, 1.54) is 4.90 Å². The van der Waals surface area contributed by atoms with Crippen molar-refractivity contribution in [3.8, 4) is 0 Å². The predicted octanol–water partition coefficient (Wildman–Crippen LogP) is 2.93. The first-order valence-electron chi connectivity index (χ1n) is 7.30. The van der Waals surface area contributed by atoms with Crippen LogP contribution in [0.4, 0.5) is 10.5 Å². The lowest BCUT2D eigenvalue weighted by atomic mass is 9.82. The highest BCUT2D eigenvalue weighted by atomic mass is 16.4. The molecule has 1 aromatic rings. The quantitative estimate of drug-likeness (QED) is 0.899. The Morgan fingerprint density at radius 3 is 2.24 bits per heavy atom. The van der Waals surface area contributed by atoms with E-state index in [-0.39, 0.29) is 6.03 Å². The second kappa shape index (κ2) is 6.16. The maximum Gasteiger partial charge on any atom is 0.329 e. The van der Waals surface area contributed by atoms with E-state index in [1.54, 1.807) is 7.05 Å². The van der Waals surface area contributed by atoms with E-state index in [4.69, 9.17) is 0 Å². The number of carboxylic acid groups (broad SMARTS) is 1. The second-order valence-electron chi connectivity index (χ2n) is 5.77. The molecule has 1 aromatic carbocycles. The Labute approximate surface area is 125 Å². The van der Waals surface area contributed by atoms with Crippen LogP contribution in [0.3, 0.4) is 0 Å². The van der Waals surface area contributed by atoms with Crippen molar-refractivity contribution in [2.45, 2.75) is 44.6 Å². The number of rotatable bonds is 3. The Morgan fingerprint density at radius 2 is 1.71 bits per heavy atom. The number of nitrogens with zero attached hydrogens (tertiary/aromatic N) is 1. The zero-order valence-electron chi connectivity index (χ0n) is 12.6. The zero-order chi connectivity index (χ0) is 15.5. The van der Waals surface area contributed by atoms with Crippen LogP contribution >= 0.6 is 0 Å². The summed E-state index contributed by atoms with van der Waals surface area (Å²) in [5.41, 5.74) is 0.741. The Kier molecular flexibility index (Phi) is 4.50. The summed E-state index contributed by atoms with van der Waals surface area (Å²) >= 11 is 0. The molecule has 2 rings (SSSR count). The maximum atomic E-state index is 12.4. The number of aliphatic carboxylic acids is 1. The molecule has 0 saturated heterocycles. The number of carboxylic acids is 1. The third kappa shape index (κ3) is 3.35. The van der Waals surface area contributed by atoms with E-state index in [0.29, 0.717) is 12.8 Å². The van der Waals surface area contributed by atoms with Crippen molar-refractivity contribution in [1.82, 2.24) is 5.32 Å². The summed E-state index contributed by atoms with van der Waals surface area (Å²) in [5.74, 6) is -0.937. The van der Waals surface area contributed by atoms with Crippen LogP contribution in [-0.4, -0.2) is 29.7 Å². The van der Waals surface area contributed by atoms with Gasteiger partial charge >= 0.3 is 12.0 Å². The summed E-state index contributed by atoms with van der Waals surface area (Å²) in [6.07, 6.45) is 3.69. The van der Waals surface area contributed by atoms with Gasteiger partial charge in [-0.25, -0.2) is 9.59 Å². The average Bonchev–Trinajstić information content (AvgIpc) is 2.48. The molecule has 2 N–H and O–H groups in total. The Morgan fingerprint density at radius 1 is 1.14 bits per heavy atom. The molecule has 1 saturated carbocycles. The molecule has 0 aromatic heterocycles. The number of urea groups is 1. The second-order valence-corrected chi connectivity index (χ2v) is 5.77. The monoisotopic (exact) mass is 290 g/mol. The normalized spacial score (nSPS) is 17.0. The fraction of sp³-hybridized carbons (Fsp3) is 0.500. The molecular weight excluding hydrogens is 268 g/mol. The van der Waals surface area contributed by atoms with Gasteiger partial charge in [-0.15, -0.1) is 0 Å². The summed E-state index contributed by atoms with van der Waals surface area (Å²) in [6.45, 7) is 1.98. The summed E-state index contributed by atoms with van der Waals surface area (Å²) < 4.78 is 0. The van der Waals surface area contributed by atoms with Crippen LogP contribution in [-0.2, 0) is 4.79 Å². The zero-order valence-corrected chi connectivity index (χ0v) is 12.6. The largest absolute Gasteiger partial charge is 0.480 e. The van der Waals surface area contributed by atoms with Crippen molar-refractivity contribution >= 4 is 17.7 Å². The minimum Gasteiger partial charge on any atom is -0.480 e. The highest BCUT2D eigenvalue weighted by Gasteiger charge is 2.41.